The van der Waals surface area contributed by atoms with Crippen LogP contribution in [0.25, 0.3) is 6.08 Å². The largest absolute Gasteiger partial charge is 0.313 e. The average molecular weight is 245 g/mol. The smallest absolute Gasteiger partial charge is 0.0165 e. The molecule has 0 fully saturated rings. The fourth-order valence-electron chi connectivity index (χ4n) is 2.02. The molecule has 0 aliphatic rings. The zero-order valence-electron chi connectivity index (χ0n) is 12.3. The van der Waals surface area contributed by atoms with Gasteiger partial charge in [-0.2, -0.15) is 0 Å². The molecule has 1 aromatic carbocycles. The number of nitrogens with one attached hydrogen (secondary N) is 1. The van der Waals surface area contributed by atoms with Gasteiger partial charge < -0.3 is 5.32 Å². The van der Waals surface area contributed by atoms with Gasteiger partial charge in [0, 0.05) is 6.54 Å². The van der Waals surface area contributed by atoms with Crippen molar-refractivity contribution in [3.63, 3.8) is 0 Å². The molecule has 18 heavy (non-hydrogen) atoms. The van der Waals surface area contributed by atoms with Crippen LogP contribution in [0.2, 0.25) is 0 Å². The van der Waals surface area contributed by atoms with Crippen molar-refractivity contribution in [2.75, 3.05) is 13.1 Å². The summed E-state index contributed by atoms with van der Waals surface area (Å²) >= 11 is 0. The molecule has 1 aromatic rings. The van der Waals surface area contributed by atoms with Crippen LogP contribution in [-0.2, 0) is 6.42 Å². The van der Waals surface area contributed by atoms with E-state index in [9.17, 15) is 0 Å². The molecule has 0 heterocycles. The Balaban J connectivity index is 2.53. The first-order valence-electron chi connectivity index (χ1n) is 7.08. The van der Waals surface area contributed by atoms with Gasteiger partial charge in [0.25, 0.3) is 0 Å². The summed E-state index contributed by atoms with van der Waals surface area (Å²) in [7, 11) is 0. The van der Waals surface area contributed by atoms with Crippen molar-refractivity contribution in [2.24, 2.45) is 5.92 Å². The predicted molar refractivity (Wildman–Crippen MR) is 81.8 cm³/mol. The highest BCUT2D eigenvalue weighted by Crippen LogP contribution is 2.12. The molecule has 0 unspecified atom stereocenters. The molecule has 0 radical (unpaired) electrons. The van der Waals surface area contributed by atoms with Crippen LogP contribution in [0.1, 0.15) is 45.2 Å². The van der Waals surface area contributed by atoms with Crippen LogP contribution >= 0.6 is 0 Å². The summed E-state index contributed by atoms with van der Waals surface area (Å²) in [6.07, 6.45) is 4.63. The second-order valence-corrected chi connectivity index (χ2v) is 5.51. The minimum atomic E-state index is 0.728. The van der Waals surface area contributed by atoms with Crippen molar-refractivity contribution in [1.29, 1.82) is 0 Å². The summed E-state index contributed by atoms with van der Waals surface area (Å²) in [5, 5.41) is 3.42. The molecule has 0 atom stereocenters. The second kappa shape index (κ2) is 8.10. The summed E-state index contributed by atoms with van der Waals surface area (Å²) in [5.74, 6) is 0.728. The maximum absolute atomic E-state index is 3.42. The SMILES string of the molecule is CCCNCC(C)=Cc1ccc(CC(C)C)cc1. The van der Waals surface area contributed by atoms with Crippen LogP contribution in [0, 0.1) is 5.92 Å². The maximum Gasteiger partial charge on any atom is 0.0165 e. The first-order chi connectivity index (χ1) is 8.61. The first kappa shape index (κ1) is 15.0. The van der Waals surface area contributed by atoms with Gasteiger partial charge in [0.1, 0.15) is 0 Å². The predicted octanol–water partition coefficient (Wildman–Crippen LogP) is 4.29. The molecule has 0 bridgehead atoms. The Labute approximate surface area is 112 Å². The van der Waals surface area contributed by atoms with Gasteiger partial charge in [-0.25, -0.2) is 0 Å². The van der Waals surface area contributed by atoms with Gasteiger partial charge in [0.05, 0.1) is 0 Å². The van der Waals surface area contributed by atoms with Gasteiger partial charge in [-0.05, 0) is 43.4 Å². The Kier molecular flexibility index (Phi) is 6.74. The zero-order valence-corrected chi connectivity index (χ0v) is 12.3. The van der Waals surface area contributed by atoms with Crippen molar-refractivity contribution in [1.82, 2.24) is 5.32 Å². The molecule has 0 amide bonds. The van der Waals surface area contributed by atoms with Crippen molar-refractivity contribution >= 4 is 6.08 Å². The third-order valence-corrected chi connectivity index (χ3v) is 2.87. The molecule has 1 nitrogen and oxygen atoms in total. The van der Waals surface area contributed by atoms with Crippen LogP contribution in [0.15, 0.2) is 29.8 Å². The molecule has 0 aromatic heterocycles. The highest BCUT2D eigenvalue weighted by Gasteiger charge is 1.97. The van der Waals surface area contributed by atoms with E-state index in [1.807, 2.05) is 0 Å². The Morgan fingerprint density at radius 3 is 2.44 bits per heavy atom. The monoisotopic (exact) mass is 245 g/mol. The summed E-state index contributed by atoms with van der Waals surface area (Å²) in [5.41, 5.74) is 4.13. The summed E-state index contributed by atoms with van der Waals surface area (Å²) in [6.45, 7) is 11.0. The lowest BCUT2D eigenvalue weighted by molar-refractivity contribution is 0.647. The molecular weight excluding hydrogens is 218 g/mol. The van der Waals surface area contributed by atoms with Gasteiger partial charge >= 0.3 is 0 Å². The van der Waals surface area contributed by atoms with Gasteiger partial charge in [-0.1, -0.05) is 56.7 Å². The van der Waals surface area contributed by atoms with E-state index >= 15 is 0 Å². The van der Waals surface area contributed by atoms with E-state index in [1.165, 1.54) is 29.5 Å². The van der Waals surface area contributed by atoms with Crippen molar-refractivity contribution in [2.45, 2.75) is 40.5 Å². The summed E-state index contributed by atoms with van der Waals surface area (Å²) in [6, 6.07) is 8.94. The maximum atomic E-state index is 3.42. The van der Waals surface area contributed by atoms with Gasteiger partial charge in [0.2, 0.25) is 0 Å². The molecule has 0 aliphatic heterocycles. The zero-order chi connectivity index (χ0) is 13.4. The Bertz CT molecular complexity index is 360. The van der Waals surface area contributed by atoms with Crippen molar-refractivity contribution in [3.05, 3.63) is 41.0 Å². The van der Waals surface area contributed by atoms with E-state index in [0.29, 0.717) is 0 Å². The molecule has 1 N–H and O–H groups in total. The molecule has 1 rings (SSSR count). The molecule has 0 spiro atoms. The lowest BCUT2D eigenvalue weighted by atomic mass is 10.0. The topological polar surface area (TPSA) is 12.0 Å². The molecule has 0 aliphatic carbocycles. The van der Waals surface area contributed by atoms with Crippen LogP contribution in [0.3, 0.4) is 0 Å². The van der Waals surface area contributed by atoms with Crippen LogP contribution in [0.5, 0.6) is 0 Å². The van der Waals surface area contributed by atoms with Gasteiger partial charge in [-0.3, -0.25) is 0 Å². The Morgan fingerprint density at radius 1 is 1.22 bits per heavy atom. The highest BCUT2D eigenvalue weighted by atomic mass is 14.8. The first-order valence-corrected chi connectivity index (χ1v) is 7.08. The summed E-state index contributed by atoms with van der Waals surface area (Å²) in [4.78, 5) is 0. The molecule has 0 saturated carbocycles. The van der Waals surface area contributed by atoms with Crippen molar-refractivity contribution < 1.29 is 0 Å². The van der Waals surface area contributed by atoms with Crippen LogP contribution < -0.4 is 5.32 Å². The lowest BCUT2D eigenvalue weighted by Crippen LogP contribution is -2.16. The normalized spacial score (nSPS) is 12.2. The van der Waals surface area contributed by atoms with E-state index in [-0.39, 0.29) is 0 Å². The quantitative estimate of drug-likeness (QED) is 0.707. The van der Waals surface area contributed by atoms with Gasteiger partial charge in [-0.15, -0.1) is 0 Å². The number of benzene rings is 1. The molecular formula is C17H27N. The number of hydrogen-bond acceptors (Lipinski definition) is 1. The van der Waals surface area contributed by atoms with Crippen LogP contribution in [-0.4, -0.2) is 13.1 Å². The third kappa shape index (κ3) is 6.02. The van der Waals surface area contributed by atoms with E-state index < -0.39 is 0 Å². The lowest BCUT2D eigenvalue weighted by Gasteiger charge is -2.06. The fourth-order valence-corrected chi connectivity index (χ4v) is 2.02. The van der Waals surface area contributed by atoms with E-state index in [2.05, 4.69) is 63.4 Å². The summed E-state index contributed by atoms with van der Waals surface area (Å²) < 4.78 is 0. The van der Waals surface area contributed by atoms with E-state index in [1.54, 1.807) is 0 Å². The molecule has 0 saturated heterocycles. The molecule has 1 heteroatoms. The van der Waals surface area contributed by atoms with Gasteiger partial charge in [0.15, 0.2) is 0 Å². The number of rotatable bonds is 7. The highest BCUT2D eigenvalue weighted by molar-refractivity contribution is 5.53. The van der Waals surface area contributed by atoms with Crippen molar-refractivity contribution in [3.8, 4) is 0 Å². The Morgan fingerprint density at radius 2 is 1.89 bits per heavy atom. The Hall–Kier alpha value is -1.08. The minimum absolute atomic E-state index is 0.728. The molecule has 100 valence electrons. The standard InChI is InChI=1S/C17H27N/c1-5-10-18-13-15(4)12-17-8-6-16(7-9-17)11-14(2)3/h6-9,12,14,18H,5,10-11,13H2,1-4H3. The minimum Gasteiger partial charge on any atom is -0.313 e. The third-order valence-electron chi connectivity index (χ3n) is 2.87. The van der Waals surface area contributed by atoms with E-state index in [4.69, 9.17) is 0 Å². The average Bonchev–Trinajstić information content (AvgIpc) is 2.31. The van der Waals surface area contributed by atoms with E-state index in [0.717, 1.165) is 19.0 Å². The van der Waals surface area contributed by atoms with Crippen LogP contribution in [0.4, 0.5) is 0 Å². The second-order valence-electron chi connectivity index (χ2n) is 5.51. The fraction of sp³-hybridized carbons (Fsp3) is 0.529. The number of hydrogen-bond donors (Lipinski definition) is 1.